The lowest BCUT2D eigenvalue weighted by atomic mass is 10.1. The van der Waals surface area contributed by atoms with Crippen LogP contribution in [0.4, 0.5) is 0 Å². The Morgan fingerprint density at radius 1 is 0.892 bits per heavy atom. The van der Waals surface area contributed by atoms with Crippen LogP contribution in [-0.4, -0.2) is 73.6 Å². The first-order chi connectivity index (χ1) is 17.9. The zero-order valence-corrected chi connectivity index (χ0v) is 21.4. The molecular weight excluding hydrogens is 478 g/mol. The van der Waals surface area contributed by atoms with Gasteiger partial charge in [-0.05, 0) is 56.0 Å². The van der Waals surface area contributed by atoms with E-state index in [-0.39, 0.29) is 23.6 Å². The van der Waals surface area contributed by atoms with E-state index in [1.165, 1.54) is 17.1 Å². The smallest absolute Gasteiger partial charge is 0.253 e. The molecule has 11 heteroatoms. The number of rotatable bonds is 18. The normalized spacial score (nSPS) is 13.1. The van der Waals surface area contributed by atoms with Crippen LogP contribution in [-0.2, 0) is 24.0 Å². The number of hydrogen-bond acceptors (Lipinski definition) is 8. The van der Waals surface area contributed by atoms with Crippen molar-refractivity contribution in [2.24, 2.45) is 10.9 Å². The highest BCUT2D eigenvalue weighted by Crippen LogP contribution is 2.13. The van der Waals surface area contributed by atoms with Gasteiger partial charge in [0, 0.05) is 51.2 Å². The standard InChI is InChI=1S/C26H37N5O6/c1-20(30-37-19-14-27)21-8-10-22(11-9-21)36-18-5-7-24(33)29-16-15-28-23(32)6-3-2-4-17-31-25(34)12-13-26(31)35/h8-13H,2-7,14-19,27H2,1H3,(H,28,32)(H,29,33). The number of nitrogens with one attached hydrogen (secondary N) is 2. The average molecular weight is 516 g/mol. The summed E-state index contributed by atoms with van der Waals surface area (Å²) >= 11 is 0. The number of carbonyl (C=O) groups is 4. The van der Waals surface area contributed by atoms with Gasteiger partial charge in [0.2, 0.25) is 11.8 Å². The van der Waals surface area contributed by atoms with Crippen molar-refractivity contribution in [2.75, 3.05) is 39.4 Å². The second kappa shape index (κ2) is 16.9. The molecule has 4 N–H and O–H groups in total. The predicted octanol–water partition coefficient (Wildman–Crippen LogP) is 1.26. The van der Waals surface area contributed by atoms with Gasteiger partial charge in [-0.1, -0.05) is 11.6 Å². The van der Waals surface area contributed by atoms with E-state index in [1.807, 2.05) is 31.2 Å². The Labute approximate surface area is 217 Å². The third-order valence-electron chi connectivity index (χ3n) is 5.46. The minimum absolute atomic E-state index is 0.0896. The molecule has 4 amide bonds. The fourth-order valence-electron chi connectivity index (χ4n) is 3.43. The highest BCUT2D eigenvalue weighted by Gasteiger charge is 2.22. The number of amides is 4. The topological polar surface area (TPSA) is 152 Å². The molecule has 0 saturated heterocycles. The van der Waals surface area contributed by atoms with Crippen LogP contribution >= 0.6 is 0 Å². The number of carbonyl (C=O) groups excluding carboxylic acids is 4. The minimum atomic E-state index is -0.283. The molecule has 0 atom stereocenters. The number of unbranched alkanes of at least 4 members (excludes halogenated alkanes) is 2. The number of hydrogen-bond donors (Lipinski definition) is 3. The van der Waals surface area contributed by atoms with Gasteiger partial charge in [0.1, 0.15) is 12.4 Å². The van der Waals surface area contributed by atoms with Crippen molar-refractivity contribution in [2.45, 2.75) is 45.4 Å². The van der Waals surface area contributed by atoms with Gasteiger partial charge in [0.05, 0.1) is 12.3 Å². The molecule has 0 bridgehead atoms. The van der Waals surface area contributed by atoms with E-state index in [4.69, 9.17) is 15.3 Å². The van der Waals surface area contributed by atoms with E-state index in [2.05, 4.69) is 15.8 Å². The molecular formula is C26H37N5O6. The maximum Gasteiger partial charge on any atom is 0.253 e. The lowest BCUT2D eigenvalue weighted by molar-refractivity contribution is -0.137. The van der Waals surface area contributed by atoms with Crippen LogP contribution in [0.3, 0.4) is 0 Å². The average Bonchev–Trinajstić information content (AvgIpc) is 3.21. The largest absolute Gasteiger partial charge is 0.494 e. The highest BCUT2D eigenvalue weighted by atomic mass is 16.6. The van der Waals surface area contributed by atoms with E-state index >= 15 is 0 Å². The highest BCUT2D eigenvalue weighted by molar-refractivity contribution is 6.12. The molecule has 202 valence electrons. The fraction of sp³-hybridized carbons (Fsp3) is 0.500. The van der Waals surface area contributed by atoms with E-state index in [0.29, 0.717) is 77.2 Å². The van der Waals surface area contributed by atoms with Gasteiger partial charge in [-0.15, -0.1) is 0 Å². The first kappa shape index (κ1) is 29.5. The summed E-state index contributed by atoms with van der Waals surface area (Å²) in [7, 11) is 0. The first-order valence-corrected chi connectivity index (χ1v) is 12.6. The fourth-order valence-corrected chi connectivity index (χ4v) is 3.43. The van der Waals surface area contributed by atoms with E-state index in [1.54, 1.807) is 0 Å². The van der Waals surface area contributed by atoms with Crippen LogP contribution in [0.2, 0.25) is 0 Å². The van der Waals surface area contributed by atoms with Gasteiger partial charge in [-0.2, -0.15) is 0 Å². The van der Waals surface area contributed by atoms with Gasteiger partial charge in [0.15, 0.2) is 0 Å². The summed E-state index contributed by atoms with van der Waals surface area (Å²) in [5.74, 6) is -0.0482. The van der Waals surface area contributed by atoms with Crippen molar-refractivity contribution in [1.82, 2.24) is 15.5 Å². The first-order valence-electron chi connectivity index (χ1n) is 12.6. The van der Waals surface area contributed by atoms with Gasteiger partial charge in [0.25, 0.3) is 11.8 Å². The van der Waals surface area contributed by atoms with Gasteiger partial charge >= 0.3 is 0 Å². The van der Waals surface area contributed by atoms with E-state index in [9.17, 15) is 19.2 Å². The van der Waals surface area contributed by atoms with Crippen molar-refractivity contribution >= 4 is 29.3 Å². The Kier molecular flexibility index (Phi) is 13.4. The molecule has 0 aliphatic carbocycles. The monoisotopic (exact) mass is 515 g/mol. The zero-order valence-electron chi connectivity index (χ0n) is 21.4. The summed E-state index contributed by atoms with van der Waals surface area (Å²) in [6.07, 6.45) is 5.86. The minimum Gasteiger partial charge on any atom is -0.494 e. The van der Waals surface area contributed by atoms with Gasteiger partial charge in [-0.3, -0.25) is 24.1 Å². The summed E-state index contributed by atoms with van der Waals surface area (Å²) in [6.45, 7) is 4.12. The number of nitrogens with two attached hydrogens (primary N) is 1. The third-order valence-corrected chi connectivity index (χ3v) is 5.46. The van der Waals surface area contributed by atoms with Crippen molar-refractivity contribution in [1.29, 1.82) is 0 Å². The molecule has 0 unspecified atom stereocenters. The Hall–Kier alpha value is -3.73. The van der Waals surface area contributed by atoms with Crippen LogP contribution < -0.4 is 21.1 Å². The Balaban J connectivity index is 1.45. The molecule has 11 nitrogen and oxygen atoms in total. The predicted molar refractivity (Wildman–Crippen MR) is 139 cm³/mol. The molecule has 1 aromatic carbocycles. The van der Waals surface area contributed by atoms with Gasteiger partial charge in [-0.25, -0.2) is 0 Å². The number of nitrogens with zero attached hydrogens (tertiary/aromatic N) is 2. The van der Waals surface area contributed by atoms with Crippen molar-refractivity contribution in [3.05, 3.63) is 42.0 Å². The van der Waals surface area contributed by atoms with Crippen LogP contribution in [0.25, 0.3) is 0 Å². The summed E-state index contributed by atoms with van der Waals surface area (Å²) in [6, 6.07) is 7.45. The molecule has 0 saturated carbocycles. The molecule has 1 aliphatic rings. The zero-order chi connectivity index (χ0) is 26.9. The Bertz CT molecular complexity index is 943. The second-order valence-electron chi connectivity index (χ2n) is 8.45. The quantitative estimate of drug-likeness (QED) is 0.115. The summed E-state index contributed by atoms with van der Waals surface area (Å²) in [5.41, 5.74) is 7.03. The summed E-state index contributed by atoms with van der Waals surface area (Å²) in [4.78, 5) is 53.0. The van der Waals surface area contributed by atoms with Crippen LogP contribution in [0.5, 0.6) is 5.75 Å². The van der Waals surface area contributed by atoms with E-state index < -0.39 is 0 Å². The third kappa shape index (κ3) is 11.7. The molecule has 1 heterocycles. The lowest BCUT2D eigenvalue weighted by Gasteiger charge is -2.13. The maximum atomic E-state index is 12.0. The molecule has 0 spiro atoms. The molecule has 0 aromatic heterocycles. The van der Waals surface area contributed by atoms with Crippen molar-refractivity contribution in [3.8, 4) is 5.75 Å². The number of imide groups is 1. The molecule has 1 aromatic rings. The number of ether oxygens (including phenoxy) is 1. The molecule has 0 radical (unpaired) electrons. The van der Waals surface area contributed by atoms with Crippen LogP contribution in [0.15, 0.2) is 41.6 Å². The number of oxime groups is 1. The second-order valence-corrected chi connectivity index (χ2v) is 8.45. The number of benzene rings is 1. The lowest BCUT2D eigenvalue weighted by Crippen LogP contribution is -2.34. The Morgan fingerprint density at radius 2 is 1.51 bits per heavy atom. The summed E-state index contributed by atoms with van der Waals surface area (Å²) < 4.78 is 5.68. The molecule has 37 heavy (non-hydrogen) atoms. The van der Waals surface area contributed by atoms with Crippen molar-refractivity contribution in [3.63, 3.8) is 0 Å². The summed E-state index contributed by atoms with van der Waals surface area (Å²) in [5, 5.41) is 9.54. The van der Waals surface area contributed by atoms with Crippen LogP contribution in [0.1, 0.15) is 51.0 Å². The van der Waals surface area contributed by atoms with Crippen LogP contribution in [0, 0.1) is 0 Å². The maximum absolute atomic E-state index is 12.0. The molecule has 0 fully saturated rings. The SMILES string of the molecule is CC(=NOCCN)c1ccc(OCCCC(=O)NCCNC(=O)CCCCCN2C(=O)C=CC2=O)cc1. The Morgan fingerprint density at radius 3 is 2.14 bits per heavy atom. The molecule has 2 rings (SSSR count). The molecule has 1 aliphatic heterocycles. The van der Waals surface area contributed by atoms with Crippen molar-refractivity contribution < 1.29 is 28.8 Å². The van der Waals surface area contributed by atoms with Gasteiger partial charge < -0.3 is 25.9 Å². The van der Waals surface area contributed by atoms with E-state index in [0.717, 1.165) is 17.7 Å².